The van der Waals surface area contributed by atoms with E-state index in [2.05, 4.69) is 19.2 Å². The lowest BCUT2D eigenvalue weighted by molar-refractivity contribution is -0.132. The fourth-order valence-corrected chi connectivity index (χ4v) is 2.55. The van der Waals surface area contributed by atoms with E-state index in [0.717, 1.165) is 32.5 Å². The largest absolute Gasteiger partial charge is 0.340 e. The van der Waals surface area contributed by atoms with Crippen molar-refractivity contribution in [2.45, 2.75) is 71.3 Å². The van der Waals surface area contributed by atoms with E-state index in [9.17, 15) is 4.79 Å². The molecule has 1 aliphatic heterocycles. The molecule has 3 heteroatoms. The Morgan fingerprint density at radius 2 is 1.83 bits per heavy atom. The second-order valence-electron chi connectivity index (χ2n) is 5.57. The van der Waals surface area contributed by atoms with Crippen LogP contribution in [0.2, 0.25) is 0 Å². The summed E-state index contributed by atoms with van der Waals surface area (Å²) < 4.78 is 0. The molecule has 1 rings (SSSR count). The van der Waals surface area contributed by atoms with Crippen LogP contribution in [-0.4, -0.2) is 36.5 Å². The molecule has 18 heavy (non-hydrogen) atoms. The van der Waals surface area contributed by atoms with Gasteiger partial charge in [-0.2, -0.15) is 0 Å². The van der Waals surface area contributed by atoms with Gasteiger partial charge < -0.3 is 10.2 Å². The van der Waals surface area contributed by atoms with E-state index in [0.29, 0.717) is 11.9 Å². The van der Waals surface area contributed by atoms with Gasteiger partial charge in [0.1, 0.15) is 0 Å². The predicted molar refractivity (Wildman–Crippen MR) is 76.7 cm³/mol. The van der Waals surface area contributed by atoms with Gasteiger partial charge in [-0.3, -0.25) is 4.79 Å². The maximum atomic E-state index is 12.0. The molecule has 0 saturated carbocycles. The minimum Gasteiger partial charge on any atom is -0.340 e. The van der Waals surface area contributed by atoms with Crippen molar-refractivity contribution >= 4 is 5.91 Å². The molecule has 0 aromatic carbocycles. The van der Waals surface area contributed by atoms with Gasteiger partial charge in [0.05, 0.1) is 0 Å². The molecule has 0 aromatic rings. The third-order valence-corrected chi connectivity index (χ3v) is 3.72. The molecule has 0 spiro atoms. The van der Waals surface area contributed by atoms with Gasteiger partial charge in [0.25, 0.3) is 0 Å². The first kappa shape index (κ1) is 15.5. The summed E-state index contributed by atoms with van der Waals surface area (Å²) in [5.74, 6) is 0.358. The number of piperazine rings is 1. The quantitative estimate of drug-likeness (QED) is 0.675. The Balaban J connectivity index is 1.99. The number of nitrogens with zero attached hydrogens (tertiary/aromatic N) is 1. The molecule has 0 radical (unpaired) electrons. The van der Waals surface area contributed by atoms with Gasteiger partial charge in [0.15, 0.2) is 0 Å². The lowest BCUT2D eigenvalue weighted by Gasteiger charge is -2.32. The highest BCUT2D eigenvalue weighted by Crippen LogP contribution is 2.10. The minimum atomic E-state index is 0.358. The Hall–Kier alpha value is -0.570. The summed E-state index contributed by atoms with van der Waals surface area (Å²) in [5, 5.41) is 3.37. The van der Waals surface area contributed by atoms with Crippen LogP contribution in [0.1, 0.15) is 65.2 Å². The monoisotopic (exact) mass is 254 g/mol. The molecular formula is C15H30N2O. The molecule has 1 amide bonds. The van der Waals surface area contributed by atoms with Gasteiger partial charge in [-0.15, -0.1) is 0 Å². The average molecular weight is 254 g/mol. The van der Waals surface area contributed by atoms with Crippen LogP contribution in [0, 0.1) is 0 Å². The van der Waals surface area contributed by atoms with Crippen molar-refractivity contribution < 1.29 is 4.79 Å². The average Bonchev–Trinajstić information content (AvgIpc) is 2.37. The first-order valence-electron chi connectivity index (χ1n) is 7.75. The lowest BCUT2D eigenvalue weighted by atomic mass is 10.1. The smallest absolute Gasteiger partial charge is 0.222 e. The number of hydrogen-bond donors (Lipinski definition) is 1. The molecule has 1 heterocycles. The van der Waals surface area contributed by atoms with Gasteiger partial charge >= 0.3 is 0 Å². The SMILES string of the molecule is CCCCCCCCCC(=O)N1CCN[C@@H](C)C1. The predicted octanol–water partition coefficient (Wildman–Crippen LogP) is 2.95. The standard InChI is InChI=1S/C15H30N2O/c1-3-4-5-6-7-8-9-10-15(18)17-12-11-16-14(2)13-17/h14,16H,3-13H2,1-2H3/t14-/m0/s1. The van der Waals surface area contributed by atoms with Crippen LogP contribution >= 0.6 is 0 Å². The van der Waals surface area contributed by atoms with Gasteiger partial charge in [0, 0.05) is 32.1 Å². The number of carbonyl (C=O) groups excluding carboxylic acids is 1. The third-order valence-electron chi connectivity index (χ3n) is 3.72. The molecule has 0 aromatic heterocycles. The number of amides is 1. The van der Waals surface area contributed by atoms with Crippen molar-refractivity contribution in [1.82, 2.24) is 10.2 Å². The Kier molecular flexibility index (Phi) is 8.06. The highest BCUT2D eigenvalue weighted by atomic mass is 16.2. The summed E-state index contributed by atoms with van der Waals surface area (Å²) in [6, 6.07) is 0.455. The number of hydrogen-bond acceptors (Lipinski definition) is 2. The van der Waals surface area contributed by atoms with Crippen LogP contribution < -0.4 is 5.32 Å². The number of rotatable bonds is 8. The molecule has 1 saturated heterocycles. The van der Waals surface area contributed by atoms with Gasteiger partial charge in [0.2, 0.25) is 5.91 Å². The molecule has 0 bridgehead atoms. The van der Waals surface area contributed by atoms with Crippen LogP contribution in [0.5, 0.6) is 0 Å². The van der Waals surface area contributed by atoms with Crippen LogP contribution in [0.3, 0.4) is 0 Å². The molecule has 3 nitrogen and oxygen atoms in total. The van der Waals surface area contributed by atoms with Crippen LogP contribution in [0.15, 0.2) is 0 Å². The molecule has 0 aliphatic carbocycles. The second kappa shape index (κ2) is 9.37. The zero-order chi connectivity index (χ0) is 13.2. The minimum absolute atomic E-state index is 0.358. The highest BCUT2D eigenvalue weighted by molar-refractivity contribution is 5.76. The van der Waals surface area contributed by atoms with E-state index < -0.39 is 0 Å². The molecule has 106 valence electrons. The summed E-state index contributed by atoms with van der Waals surface area (Å²) >= 11 is 0. The maximum absolute atomic E-state index is 12.0. The van der Waals surface area contributed by atoms with Crippen LogP contribution in [-0.2, 0) is 4.79 Å². The van der Waals surface area contributed by atoms with Crippen molar-refractivity contribution in [3.63, 3.8) is 0 Å². The van der Waals surface area contributed by atoms with Gasteiger partial charge in [-0.25, -0.2) is 0 Å². The van der Waals surface area contributed by atoms with E-state index in [1.807, 2.05) is 4.90 Å². The zero-order valence-corrected chi connectivity index (χ0v) is 12.2. The van der Waals surface area contributed by atoms with E-state index in [-0.39, 0.29) is 0 Å². The summed E-state index contributed by atoms with van der Waals surface area (Å²) in [4.78, 5) is 14.0. The first-order valence-corrected chi connectivity index (χ1v) is 7.75. The van der Waals surface area contributed by atoms with E-state index in [1.54, 1.807) is 0 Å². The number of unbranched alkanes of at least 4 members (excludes halogenated alkanes) is 6. The zero-order valence-electron chi connectivity index (χ0n) is 12.2. The lowest BCUT2D eigenvalue weighted by Crippen LogP contribution is -2.51. The Morgan fingerprint density at radius 3 is 2.50 bits per heavy atom. The highest BCUT2D eigenvalue weighted by Gasteiger charge is 2.19. The maximum Gasteiger partial charge on any atom is 0.222 e. The van der Waals surface area contributed by atoms with E-state index >= 15 is 0 Å². The van der Waals surface area contributed by atoms with Crippen LogP contribution in [0.4, 0.5) is 0 Å². The fraction of sp³-hybridized carbons (Fsp3) is 0.933. The van der Waals surface area contributed by atoms with Crippen molar-refractivity contribution in [3.05, 3.63) is 0 Å². The summed E-state index contributed by atoms with van der Waals surface area (Å²) in [7, 11) is 0. The molecule has 1 N–H and O–H groups in total. The Labute approximate surface area is 112 Å². The number of nitrogens with one attached hydrogen (secondary N) is 1. The Morgan fingerprint density at radius 1 is 1.17 bits per heavy atom. The van der Waals surface area contributed by atoms with Gasteiger partial charge in [-0.05, 0) is 13.3 Å². The summed E-state index contributed by atoms with van der Waals surface area (Å²) in [6.07, 6.45) is 9.70. The van der Waals surface area contributed by atoms with E-state index in [4.69, 9.17) is 0 Å². The fourth-order valence-electron chi connectivity index (χ4n) is 2.55. The van der Waals surface area contributed by atoms with Crippen molar-refractivity contribution in [1.29, 1.82) is 0 Å². The topological polar surface area (TPSA) is 32.3 Å². The summed E-state index contributed by atoms with van der Waals surface area (Å²) in [6.45, 7) is 7.11. The van der Waals surface area contributed by atoms with Crippen LogP contribution in [0.25, 0.3) is 0 Å². The second-order valence-corrected chi connectivity index (χ2v) is 5.57. The normalized spacial score (nSPS) is 20.1. The molecular weight excluding hydrogens is 224 g/mol. The Bertz CT molecular complexity index is 231. The molecule has 1 aliphatic rings. The summed E-state index contributed by atoms with van der Waals surface area (Å²) in [5.41, 5.74) is 0. The van der Waals surface area contributed by atoms with Crippen molar-refractivity contribution in [3.8, 4) is 0 Å². The van der Waals surface area contributed by atoms with E-state index in [1.165, 1.54) is 38.5 Å². The van der Waals surface area contributed by atoms with Crippen molar-refractivity contribution in [2.75, 3.05) is 19.6 Å². The first-order chi connectivity index (χ1) is 8.74. The molecule has 1 atom stereocenters. The molecule has 1 fully saturated rings. The van der Waals surface area contributed by atoms with Crippen molar-refractivity contribution in [2.24, 2.45) is 0 Å². The third kappa shape index (κ3) is 6.39. The molecule has 0 unspecified atom stereocenters. The van der Waals surface area contributed by atoms with Gasteiger partial charge in [-0.1, -0.05) is 45.4 Å². The number of carbonyl (C=O) groups is 1.